The van der Waals surface area contributed by atoms with E-state index in [4.69, 9.17) is 18.6 Å². The normalized spacial score (nSPS) is 14.6. The minimum atomic E-state index is -0.457. The largest absolute Gasteiger partial charge is 0.482 e. The summed E-state index contributed by atoms with van der Waals surface area (Å²) in [5, 5.41) is 0. The topological polar surface area (TPSA) is 75.0 Å². The number of carbonyl (C=O) groups excluding carboxylic acids is 2. The molecule has 0 fully saturated rings. The molecule has 0 saturated heterocycles. The van der Waals surface area contributed by atoms with Crippen LogP contribution in [0.3, 0.4) is 0 Å². The van der Waals surface area contributed by atoms with Crippen LogP contribution in [-0.4, -0.2) is 24.5 Å². The number of furan rings is 1. The molecule has 3 rings (SSSR count). The molecule has 0 N–H and O–H groups in total. The van der Waals surface area contributed by atoms with Crippen molar-refractivity contribution >= 4 is 17.8 Å². The van der Waals surface area contributed by atoms with Gasteiger partial charge >= 0.3 is 5.97 Å². The zero-order chi connectivity index (χ0) is 18.0. The van der Waals surface area contributed by atoms with Crippen LogP contribution in [0.1, 0.15) is 35.7 Å². The van der Waals surface area contributed by atoms with E-state index in [0.717, 1.165) is 5.76 Å². The van der Waals surface area contributed by atoms with Gasteiger partial charge in [0.25, 0.3) is 0 Å². The highest BCUT2D eigenvalue weighted by Crippen LogP contribution is 2.35. The van der Waals surface area contributed by atoms with Crippen LogP contribution in [-0.2, 0) is 9.53 Å². The third-order valence-corrected chi connectivity index (χ3v) is 3.40. The lowest BCUT2D eigenvalue weighted by molar-refractivity contribution is -0.149. The molecule has 0 saturated carbocycles. The van der Waals surface area contributed by atoms with Crippen molar-refractivity contribution < 1.29 is 28.2 Å². The molecule has 0 unspecified atom stereocenters. The Morgan fingerprint density at radius 2 is 2.04 bits per heavy atom. The number of hydrogen-bond acceptors (Lipinski definition) is 6. The summed E-state index contributed by atoms with van der Waals surface area (Å²) < 4.78 is 21.4. The number of ether oxygens (including phenoxy) is 3. The summed E-state index contributed by atoms with van der Waals surface area (Å²) in [5.74, 6) is 1.59. The maximum absolute atomic E-state index is 12.4. The van der Waals surface area contributed by atoms with Gasteiger partial charge in [-0.2, -0.15) is 0 Å². The molecule has 0 radical (unpaired) electrons. The lowest BCUT2D eigenvalue weighted by atomic mass is 10.1. The Morgan fingerprint density at radius 1 is 1.24 bits per heavy atom. The predicted octanol–water partition coefficient (Wildman–Crippen LogP) is 3.53. The van der Waals surface area contributed by atoms with Crippen LogP contribution in [0.25, 0.3) is 6.08 Å². The summed E-state index contributed by atoms with van der Waals surface area (Å²) in [5.41, 5.74) is 0.437. The van der Waals surface area contributed by atoms with E-state index >= 15 is 0 Å². The number of fused-ring (bicyclic) bond motifs is 1. The van der Waals surface area contributed by atoms with Crippen molar-refractivity contribution in [1.82, 2.24) is 0 Å². The molecule has 6 heteroatoms. The first-order chi connectivity index (χ1) is 11.9. The number of ketones is 1. The first-order valence-corrected chi connectivity index (χ1v) is 7.89. The van der Waals surface area contributed by atoms with Crippen molar-refractivity contribution in [3.63, 3.8) is 0 Å². The van der Waals surface area contributed by atoms with Gasteiger partial charge in [0.1, 0.15) is 23.0 Å². The van der Waals surface area contributed by atoms with E-state index in [1.165, 1.54) is 0 Å². The van der Waals surface area contributed by atoms with Gasteiger partial charge in [0.05, 0.1) is 11.7 Å². The average Bonchev–Trinajstić information content (AvgIpc) is 3.09. The predicted molar refractivity (Wildman–Crippen MR) is 89.5 cm³/mol. The zero-order valence-corrected chi connectivity index (χ0v) is 14.2. The molecular formula is C19H18O6. The molecule has 2 heterocycles. The lowest BCUT2D eigenvalue weighted by Gasteiger charge is -2.09. The molecule has 0 atom stereocenters. The van der Waals surface area contributed by atoms with Crippen LogP contribution in [0.2, 0.25) is 0 Å². The second-order valence-electron chi connectivity index (χ2n) is 5.87. The van der Waals surface area contributed by atoms with Crippen LogP contribution < -0.4 is 9.47 Å². The minimum absolute atomic E-state index is 0.181. The smallest absolute Gasteiger partial charge is 0.344 e. The van der Waals surface area contributed by atoms with E-state index in [-0.39, 0.29) is 24.3 Å². The fourth-order valence-electron chi connectivity index (χ4n) is 2.36. The molecule has 0 amide bonds. The van der Waals surface area contributed by atoms with E-state index in [1.807, 2.05) is 6.92 Å². The van der Waals surface area contributed by atoms with Gasteiger partial charge < -0.3 is 18.6 Å². The van der Waals surface area contributed by atoms with Crippen LogP contribution in [0.4, 0.5) is 0 Å². The van der Waals surface area contributed by atoms with Crippen molar-refractivity contribution in [3.8, 4) is 11.5 Å². The monoisotopic (exact) mass is 342 g/mol. The second-order valence-corrected chi connectivity index (χ2v) is 5.87. The first-order valence-electron chi connectivity index (χ1n) is 7.89. The van der Waals surface area contributed by atoms with Gasteiger partial charge in [-0.05, 0) is 45.0 Å². The van der Waals surface area contributed by atoms with Crippen LogP contribution in [0.5, 0.6) is 11.5 Å². The van der Waals surface area contributed by atoms with Crippen LogP contribution >= 0.6 is 0 Å². The second kappa shape index (κ2) is 6.84. The Labute approximate surface area is 145 Å². The lowest BCUT2D eigenvalue weighted by Crippen LogP contribution is -2.18. The van der Waals surface area contributed by atoms with Gasteiger partial charge in [-0.3, -0.25) is 4.79 Å². The number of benzene rings is 1. The maximum Gasteiger partial charge on any atom is 0.344 e. The molecule has 0 bridgehead atoms. The minimum Gasteiger partial charge on any atom is -0.482 e. The van der Waals surface area contributed by atoms with E-state index in [1.54, 1.807) is 50.3 Å². The third-order valence-electron chi connectivity index (χ3n) is 3.40. The van der Waals surface area contributed by atoms with Crippen molar-refractivity contribution in [2.24, 2.45) is 0 Å². The Balaban J connectivity index is 1.71. The Hall–Kier alpha value is -3.02. The van der Waals surface area contributed by atoms with Crippen LogP contribution in [0, 0.1) is 6.92 Å². The van der Waals surface area contributed by atoms with Crippen molar-refractivity contribution in [1.29, 1.82) is 0 Å². The standard InChI is InChI=1S/C19H18O6/c1-11(2)23-18(20)10-22-13-6-7-15-16(8-13)25-17(19(15)21)9-14-5-4-12(3)24-14/h4-9,11H,10H2,1-3H3. The SMILES string of the molecule is Cc1ccc(C=C2Oc3cc(OCC(=O)OC(C)C)ccc3C2=O)o1. The Morgan fingerprint density at radius 3 is 2.72 bits per heavy atom. The summed E-state index contributed by atoms with van der Waals surface area (Å²) in [6, 6.07) is 8.36. The first kappa shape index (κ1) is 16.8. The number of rotatable bonds is 5. The third kappa shape index (κ3) is 3.91. The van der Waals surface area contributed by atoms with Gasteiger partial charge in [-0.1, -0.05) is 0 Å². The molecule has 1 aliphatic heterocycles. The summed E-state index contributed by atoms with van der Waals surface area (Å²) in [6.07, 6.45) is 1.35. The Bertz CT molecular complexity index is 843. The van der Waals surface area contributed by atoms with Gasteiger partial charge in [-0.25, -0.2) is 4.79 Å². The molecule has 6 nitrogen and oxygen atoms in total. The number of aryl methyl sites for hydroxylation is 1. The molecule has 25 heavy (non-hydrogen) atoms. The number of allylic oxidation sites excluding steroid dienone is 1. The van der Waals surface area contributed by atoms with Gasteiger partial charge in [0.15, 0.2) is 12.4 Å². The van der Waals surface area contributed by atoms with Crippen molar-refractivity contribution in [2.45, 2.75) is 26.9 Å². The van der Waals surface area contributed by atoms with E-state index < -0.39 is 5.97 Å². The molecule has 2 aromatic rings. The number of hydrogen-bond donors (Lipinski definition) is 0. The molecule has 130 valence electrons. The quantitative estimate of drug-likeness (QED) is 0.611. The molecule has 1 aromatic heterocycles. The summed E-state index contributed by atoms with van der Waals surface area (Å²) in [7, 11) is 0. The number of carbonyl (C=O) groups is 2. The summed E-state index contributed by atoms with van der Waals surface area (Å²) in [4.78, 5) is 23.9. The van der Waals surface area contributed by atoms with Gasteiger partial charge in [0.2, 0.25) is 5.78 Å². The molecule has 1 aromatic carbocycles. The summed E-state index contributed by atoms with van der Waals surface area (Å²) in [6.45, 7) is 5.14. The Kier molecular flexibility index (Phi) is 4.61. The number of esters is 1. The zero-order valence-electron chi connectivity index (χ0n) is 14.2. The molecule has 1 aliphatic rings. The van der Waals surface area contributed by atoms with Crippen molar-refractivity contribution in [3.05, 3.63) is 53.2 Å². The van der Waals surface area contributed by atoms with Gasteiger partial charge in [-0.15, -0.1) is 0 Å². The summed E-state index contributed by atoms with van der Waals surface area (Å²) >= 11 is 0. The molecule has 0 spiro atoms. The highest BCUT2D eigenvalue weighted by Gasteiger charge is 2.28. The fraction of sp³-hybridized carbons (Fsp3) is 0.263. The molecular weight excluding hydrogens is 324 g/mol. The van der Waals surface area contributed by atoms with Crippen LogP contribution in [0.15, 0.2) is 40.5 Å². The van der Waals surface area contributed by atoms with E-state index in [0.29, 0.717) is 22.8 Å². The maximum atomic E-state index is 12.4. The highest BCUT2D eigenvalue weighted by atomic mass is 16.6. The van der Waals surface area contributed by atoms with Crippen molar-refractivity contribution in [2.75, 3.05) is 6.61 Å². The average molecular weight is 342 g/mol. The molecule has 0 aliphatic carbocycles. The van der Waals surface area contributed by atoms with E-state index in [9.17, 15) is 9.59 Å². The van der Waals surface area contributed by atoms with E-state index in [2.05, 4.69) is 0 Å². The highest BCUT2D eigenvalue weighted by molar-refractivity contribution is 6.14. The fourth-order valence-corrected chi connectivity index (χ4v) is 2.36. The van der Waals surface area contributed by atoms with Gasteiger partial charge in [0, 0.05) is 12.1 Å². The number of Topliss-reactive ketones (excluding diaryl/α,β-unsaturated/α-hetero) is 1.